The fourth-order valence-electron chi connectivity index (χ4n) is 3.20. The molecule has 11 heteroatoms. The quantitative estimate of drug-likeness (QED) is 0.526. The van der Waals surface area contributed by atoms with Crippen molar-refractivity contribution in [1.82, 2.24) is 25.6 Å². The van der Waals surface area contributed by atoms with E-state index in [0.717, 1.165) is 16.9 Å². The van der Waals surface area contributed by atoms with E-state index < -0.39 is 0 Å². The van der Waals surface area contributed by atoms with Gasteiger partial charge in [-0.05, 0) is 19.1 Å². The Morgan fingerprint density at radius 2 is 1.85 bits per heavy atom. The van der Waals surface area contributed by atoms with Crippen molar-refractivity contribution in [3.63, 3.8) is 0 Å². The molecule has 0 fully saturated rings. The van der Waals surface area contributed by atoms with Crippen molar-refractivity contribution in [2.24, 2.45) is 4.99 Å². The molecule has 3 heterocycles. The standard InChI is InChI=1S/C22H24N8O3/c1-4-24-22(31)29-21-28-19-14(12-25-20(27-19)26-15-5-7-23-8-6-15)13-30(21)16-9-17(32-2)11-18(10-16)33-3/h5-12H,4,13H2,1-3H3,(H3,23,24,25,26,27,28,29,31). The Bertz CT molecular complexity index is 1150. The van der Waals surface area contributed by atoms with E-state index in [9.17, 15) is 4.79 Å². The molecule has 3 aromatic rings. The van der Waals surface area contributed by atoms with Crippen LogP contribution in [0.2, 0.25) is 0 Å². The lowest BCUT2D eigenvalue weighted by Crippen LogP contribution is -2.49. The first-order valence-corrected chi connectivity index (χ1v) is 10.3. The first-order chi connectivity index (χ1) is 16.1. The van der Waals surface area contributed by atoms with E-state index in [1.165, 1.54) is 0 Å². The highest BCUT2D eigenvalue weighted by Crippen LogP contribution is 2.33. The number of hydrogen-bond acceptors (Lipinski definition) is 9. The van der Waals surface area contributed by atoms with Gasteiger partial charge in [-0.15, -0.1) is 0 Å². The summed E-state index contributed by atoms with van der Waals surface area (Å²) >= 11 is 0. The number of nitrogens with one attached hydrogen (secondary N) is 3. The summed E-state index contributed by atoms with van der Waals surface area (Å²) in [6, 6.07) is 8.70. The van der Waals surface area contributed by atoms with Gasteiger partial charge in [0.05, 0.1) is 26.5 Å². The van der Waals surface area contributed by atoms with Crippen LogP contribution in [-0.2, 0) is 6.54 Å². The maximum Gasteiger partial charge on any atom is 0.321 e. The van der Waals surface area contributed by atoms with Gasteiger partial charge in [0.25, 0.3) is 0 Å². The van der Waals surface area contributed by atoms with Crippen LogP contribution in [0, 0.1) is 0 Å². The molecule has 0 saturated carbocycles. The highest BCUT2D eigenvalue weighted by molar-refractivity contribution is 6.07. The minimum atomic E-state index is -0.372. The molecular formula is C22H24N8O3. The van der Waals surface area contributed by atoms with Crippen molar-refractivity contribution < 1.29 is 14.3 Å². The van der Waals surface area contributed by atoms with Gasteiger partial charge in [-0.3, -0.25) is 10.3 Å². The number of methoxy groups -OCH3 is 2. The third-order valence-corrected chi connectivity index (χ3v) is 4.78. The number of aliphatic imine (C=N–C) groups is 1. The maximum atomic E-state index is 12.3. The largest absolute Gasteiger partial charge is 0.497 e. The van der Waals surface area contributed by atoms with Crippen molar-refractivity contribution in [1.29, 1.82) is 0 Å². The summed E-state index contributed by atoms with van der Waals surface area (Å²) in [5.74, 6) is 2.38. The molecule has 1 aliphatic rings. The molecule has 33 heavy (non-hydrogen) atoms. The molecule has 1 aliphatic heterocycles. The number of anilines is 3. The van der Waals surface area contributed by atoms with E-state index in [1.54, 1.807) is 38.9 Å². The number of urea groups is 1. The molecular weight excluding hydrogens is 424 g/mol. The van der Waals surface area contributed by atoms with Gasteiger partial charge >= 0.3 is 6.03 Å². The fraction of sp³-hybridized carbons (Fsp3) is 0.227. The Balaban J connectivity index is 1.70. The molecule has 0 radical (unpaired) electrons. The molecule has 2 aromatic heterocycles. The van der Waals surface area contributed by atoms with E-state index >= 15 is 0 Å². The van der Waals surface area contributed by atoms with Crippen LogP contribution in [0.5, 0.6) is 11.5 Å². The van der Waals surface area contributed by atoms with Gasteiger partial charge in [-0.1, -0.05) is 0 Å². The van der Waals surface area contributed by atoms with E-state index in [2.05, 4.69) is 35.9 Å². The van der Waals surface area contributed by atoms with Crippen molar-refractivity contribution >= 4 is 35.1 Å². The SMILES string of the molecule is CCNC(=O)NC1=Nc2nc(Nc3ccncc3)ncc2CN1c1cc(OC)cc(OC)c1. The van der Waals surface area contributed by atoms with Crippen LogP contribution in [0.1, 0.15) is 12.5 Å². The number of nitrogens with zero attached hydrogens (tertiary/aromatic N) is 5. The van der Waals surface area contributed by atoms with E-state index in [1.807, 2.05) is 36.1 Å². The molecule has 0 bridgehead atoms. The van der Waals surface area contributed by atoms with Crippen LogP contribution in [-0.4, -0.2) is 47.7 Å². The molecule has 0 saturated heterocycles. The van der Waals surface area contributed by atoms with E-state index in [0.29, 0.717) is 42.3 Å². The lowest BCUT2D eigenvalue weighted by molar-refractivity contribution is 0.245. The zero-order valence-electron chi connectivity index (χ0n) is 18.5. The normalized spacial score (nSPS) is 12.3. The summed E-state index contributed by atoms with van der Waals surface area (Å²) < 4.78 is 10.8. The number of fused-ring (bicyclic) bond motifs is 1. The maximum absolute atomic E-state index is 12.3. The summed E-state index contributed by atoms with van der Waals surface area (Å²) in [4.78, 5) is 31.7. The molecule has 0 spiro atoms. The number of hydrogen-bond donors (Lipinski definition) is 3. The molecule has 2 amide bonds. The zero-order chi connectivity index (χ0) is 23.2. The van der Waals surface area contributed by atoms with Crippen LogP contribution in [0.3, 0.4) is 0 Å². The highest BCUT2D eigenvalue weighted by atomic mass is 16.5. The molecule has 1 aromatic carbocycles. The third kappa shape index (κ3) is 5.09. The lowest BCUT2D eigenvalue weighted by Gasteiger charge is -2.30. The van der Waals surface area contributed by atoms with Crippen molar-refractivity contribution in [3.8, 4) is 11.5 Å². The Morgan fingerprint density at radius 3 is 2.52 bits per heavy atom. The first kappa shape index (κ1) is 21.8. The van der Waals surface area contributed by atoms with E-state index in [4.69, 9.17) is 9.47 Å². The molecule has 11 nitrogen and oxygen atoms in total. The molecule has 4 rings (SSSR count). The van der Waals surface area contributed by atoms with Crippen molar-refractivity contribution in [2.75, 3.05) is 31.0 Å². The summed E-state index contributed by atoms with van der Waals surface area (Å²) in [5, 5.41) is 8.65. The number of amides is 2. The van der Waals surface area contributed by atoms with Gasteiger partial charge < -0.3 is 25.0 Å². The van der Waals surface area contributed by atoms with Gasteiger partial charge in [-0.2, -0.15) is 9.98 Å². The third-order valence-electron chi connectivity index (χ3n) is 4.78. The number of ether oxygens (including phenoxy) is 2. The molecule has 0 unspecified atom stereocenters. The van der Waals surface area contributed by atoms with Gasteiger partial charge in [0.2, 0.25) is 11.9 Å². The van der Waals surface area contributed by atoms with Gasteiger partial charge in [0.15, 0.2) is 5.82 Å². The second kappa shape index (κ2) is 9.81. The molecule has 0 atom stereocenters. The van der Waals surface area contributed by atoms with E-state index in [-0.39, 0.29) is 6.03 Å². The van der Waals surface area contributed by atoms with Gasteiger partial charge in [0.1, 0.15) is 11.5 Å². The van der Waals surface area contributed by atoms with Gasteiger partial charge in [0, 0.05) is 54.6 Å². The Kier molecular flexibility index (Phi) is 6.48. The minimum Gasteiger partial charge on any atom is -0.497 e. The van der Waals surface area contributed by atoms with Crippen LogP contribution in [0.4, 0.5) is 27.9 Å². The Hall–Kier alpha value is -4.41. The average molecular weight is 448 g/mol. The summed E-state index contributed by atoms with van der Waals surface area (Å²) in [6.45, 7) is 2.70. The predicted molar refractivity (Wildman–Crippen MR) is 125 cm³/mol. The summed E-state index contributed by atoms with van der Waals surface area (Å²) in [5.41, 5.74) is 2.32. The molecule has 170 valence electrons. The van der Waals surface area contributed by atoms with Crippen LogP contribution >= 0.6 is 0 Å². The number of pyridine rings is 1. The average Bonchev–Trinajstić information content (AvgIpc) is 2.84. The van der Waals surface area contributed by atoms with Crippen molar-refractivity contribution in [3.05, 3.63) is 54.5 Å². The van der Waals surface area contributed by atoms with Crippen LogP contribution in [0.25, 0.3) is 0 Å². The monoisotopic (exact) mass is 448 g/mol. The second-order valence-corrected chi connectivity index (χ2v) is 6.98. The van der Waals surface area contributed by atoms with Crippen LogP contribution < -0.4 is 30.3 Å². The number of carbonyl (C=O) groups is 1. The number of aromatic nitrogens is 3. The predicted octanol–water partition coefficient (Wildman–Crippen LogP) is 2.96. The number of guanidine groups is 1. The van der Waals surface area contributed by atoms with Crippen LogP contribution in [0.15, 0.2) is 53.9 Å². The Labute approximate surface area is 190 Å². The minimum absolute atomic E-state index is 0.317. The zero-order valence-corrected chi connectivity index (χ0v) is 18.5. The van der Waals surface area contributed by atoms with Crippen molar-refractivity contribution in [2.45, 2.75) is 13.5 Å². The molecule has 0 aliphatic carbocycles. The molecule has 3 N–H and O–H groups in total. The number of carbonyl (C=O) groups excluding carboxylic acids is 1. The second-order valence-electron chi connectivity index (χ2n) is 6.98. The first-order valence-electron chi connectivity index (χ1n) is 10.3. The summed E-state index contributed by atoms with van der Waals surface area (Å²) in [7, 11) is 3.16. The topological polar surface area (TPSA) is 126 Å². The number of rotatable bonds is 6. The Morgan fingerprint density at radius 1 is 1.12 bits per heavy atom. The highest BCUT2D eigenvalue weighted by Gasteiger charge is 2.25. The van der Waals surface area contributed by atoms with Gasteiger partial charge in [-0.25, -0.2) is 9.78 Å². The fourth-order valence-corrected chi connectivity index (χ4v) is 3.20. The number of benzene rings is 1. The lowest BCUT2D eigenvalue weighted by atomic mass is 10.2. The smallest absolute Gasteiger partial charge is 0.321 e. The summed E-state index contributed by atoms with van der Waals surface area (Å²) in [6.07, 6.45) is 5.06.